The first-order chi connectivity index (χ1) is 9.25. The second kappa shape index (κ2) is 4.85. The van der Waals surface area contributed by atoms with Crippen molar-refractivity contribution in [2.75, 3.05) is 19.8 Å². The van der Waals surface area contributed by atoms with Crippen LogP contribution in [-0.2, 0) is 0 Å². The maximum Gasteiger partial charge on any atom is 0.182 e. The Morgan fingerprint density at radius 1 is 1.32 bits per heavy atom. The lowest BCUT2D eigenvalue weighted by Gasteiger charge is -2.27. The number of benzene rings is 1. The molecule has 0 amide bonds. The maximum atomic E-state index is 12.7. The summed E-state index contributed by atoms with van der Waals surface area (Å²) in [7, 11) is 0. The lowest BCUT2D eigenvalue weighted by Crippen LogP contribution is -2.47. The van der Waals surface area contributed by atoms with Crippen LogP contribution in [0, 0.1) is 0 Å². The first-order valence-corrected chi connectivity index (χ1v) is 6.95. The van der Waals surface area contributed by atoms with Crippen molar-refractivity contribution in [2.45, 2.75) is 31.7 Å². The molecule has 3 rings (SSSR count). The van der Waals surface area contributed by atoms with Crippen LogP contribution >= 0.6 is 0 Å². The van der Waals surface area contributed by atoms with Gasteiger partial charge in [0.05, 0.1) is 5.54 Å². The lowest BCUT2D eigenvalue weighted by molar-refractivity contribution is 0.0862. The third-order valence-corrected chi connectivity index (χ3v) is 4.09. The molecule has 19 heavy (non-hydrogen) atoms. The van der Waals surface area contributed by atoms with E-state index in [-0.39, 0.29) is 11.3 Å². The van der Waals surface area contributed by atoms with Gasteiger partial charge in [0.1, 0.15) is 13.2 Å². The Morgan fingerprint density at radius 2 is 2.11 bits per heavy atom. The van der Waals surface area contributed by atoms with Gasteiger partial charge in [-0.2, -0.15) is 0 Å². The fraction of sp³-hybridized carbons (Fsp3) is 0.533. The van der Waals surface area contributed by atoms with E-state index in [2.05, 4.69) is 12.2 Å². The van der Waals surface area contributed by atoms with E-state index >= 15 is 0 Å². The van der Waals surface area contributed by atoms with Crippen molar-refractivity contribution in [3.05, 3.63) is 23.8 Å². The molecule has 1 fully saturated rings. The number of ketones is 1. The SMILES string of the molecule is CCC1(C(=O)c2ccc3c(c2)OCCO3)CCCN1. The van der Waals surface area contributed by atoms with E-state index in [0.717, 1.165) is 31.6 Å². The van der Waals surface area contributed by atoms with Gasteiger partial charge in [0.2, 0.25) is 0 Å². The highest BCUT2D eigenvalue weighted by Crippen LogP contribution is 2.34. The number of carbonyl (C=O) groups excluding carboxylic acids is 1. The van der Waals surface area contributed by atoms with Crippen molar-refractivity contribution in [1.29, 1.82) is 0 Å². The topological polar surface area (TPSA) is 47.6 Å². The summed E-state index contributed by atoms with van der Waals surface area (Å²) in [6, 6.07) is 5.49. The van der Waals surface area contributed by atoms with E-state index in [9.17, 15) is 4.79 Å². The molecule has 2 aliphatic heterocycles. The van der Waals surface area contributed by atoms with Gasteiger partial charge in [-0.15, -0.1) is 0 Å². The normalized spacial score (nSPS) is 25.3. The van der Waals surface area contributed by atoms with E-state index in [1.165, 1.54) is 0 Å². The van der Waals surface area contributed by atoms with Gasteiger partial charge in [-0.1, -0.05) is 6.92 Å². The van der Waals surface area contributed by atoms with Crippen LogP contribution in [0.4, 0.5) is 0 Å². The van der Waals surface area contributed by atoms with Crippen molar-refractivity contribution in [2.24, 2.45) is 0 Å². The van der Waals surface area contributed by atoms with Crippen LogP contribution in [0.25, 0.3) is 0 Å². The van der Waals surface area contributed by atoms with Gasteiger partial charge in [0.25, 0.3) is 0 Å². The Bertz CT molecular complexity index is 492. The summed E-state index contributed by atoms with van der Waals surface area (Å²) in [6.07, 6.45) is 2.79. The van der Waals surface area contributed by atoms with Crippen LogP contribution in [0.1, 0.15) is 36.5 Å². The first kappa shape index (κ1) is 12.5. The van der Waals surface area contributed by atoms with E-state index in [1.54, 1.807) is 0 Å². The molecule has 1 N–H and O–H groups in total. The molecule has 4 nitrogen and oxygen atoms in total. The fourth-order valence-corrected chi connectivity index (χ4v) is 2.92. The van der Waals surface area contributed by atoms with Gasteiger partial charge in [-0.25, -0.2) is 0 Å². The Hall–Kier alpha value is -1.55. The van der Waals surface area contributed by atoms with Crippen molar-refractivity contribution in [3.63, 3.8) is 0 Å². The summed E-state index contributed by atoms with van der Waals surface area (Å²) >= 11 is 0. The average molecular weight is 261 g/mol. The third kappa shape index (κ3) is 2.10. The zero-order valence-corrected chi connectivity index (χ0v) is 11.2. The molecule has 1 saturated heterocycles. The Kier molecular flexibility index (Phi) is 3.19. The smallest absolute Gasteiger partial charge is 0.182 e. The highest BCUT2D eigenvalue weighted by molar-refractivity contribution is 6.04. The number of hydrogen-bond acceptors (Lipinski definition) is 4. The predicted molar refractivity (Wildman–Crippen MR) is 72.0 cm³/mol. The van der Waals surface area contributed by atoms with Gasteiger partial charge in [0.15, 0.2) is 17.3 Å². The maximum absolute atomic E-state index is 12.7. The Balaban J connectivity index is 1.91. The van der Waals surface area contributed by atoms with Crippen LogP contribution < -0.4 is 14.8 Å². The van der Waals surface area contributed by atoms with Gasteiger partial charge in [-0.05, 0) is 44.0 Å². The number of rotatable bonds is 3. The fourth-order valence-electron chi connectivity index (χ4n) is 2.92. The summed E-state index contributed by atoms with van der Waals surface area (Å²) in [4.78, 5) is 12.7. The summed E-state index contributed by atoms with van der Waals surface area (Å²) < 4.78 is 11.0. The number of fused-ring (bicyclic) bond motifs is 1. The molecule has 4 heteroatoms. The number of Topliss-reactive ketones (excluding diaryl/α,β-unsaturated/α-hetero) is 1. The quantitative estimate of drug-likeness (QED) is 0.847. The van der Waals surface area contributed by atoms with E-state index in [4.69, 9.17) is 9.47 Å². The van der Waals surface area contributed by atoms with E-state index in [1.807, 2.05) is 18.2 Å². The molecule has 1 aromatic rings. The van der Waals surface area contributed by atoms with Crippen LogP contribution in [0.15, 0.2) is 18.2 Å². The molecule has 0 aliphatic carbocycles. The van der Waals surface area contributed by atoms with Crippen molar-refractivity contribution >= 4 is 5.78 Å². The van der Waals surface area contributed by atoms with Crippen LogP contribution in [0.3, 0.4) is 0 Å². The molecule has 0 spiro atoms. The van der Waals surface area contributed by atoms with Gasteiger partial charge in [0, 0.05) is 5.56 Å². The molecule has 0 aromatic heterocycles. The Labute approximate surface area is 113 Å². The van der Waals surface area contributed by atoms with Gasteiger partial charge >= 0.3 is 0 Å². The average Bonchev–Trinajstić information content (AvgIpc) is 2.96. The highest BCUT2D eigenvalue weighted by atomic mass is 16.6. The molecular weight excluding hydrogens is 242 g/mol. The number of nitrogens with one attached hydrogen (secondary N) is 1. The van der Waals surface area contributed by atoms with Crippen LogP contribution in [0.2, 0.25) is 0 Å². The van der Waals surface area contributed by atoms with Gasteiger partial charge in [-0.3, -0.25) is 4.79 Å². The monoisotopic (exact) mass is 261 g/mol. The van der Waals surface area contributed by atoms with Crippen LogP contribution in [0.5, 0.6) is 11.5 Å². The second-order valence-electron chi connectivity index (χ2n) is 5.15. The summed E-state index contributed by atoms with van der Waals surface area (Å²) in [6.45, 7) is 4.10. The zero-order chi connectivity index (χ0) is 13.3. The standard InChI is InChI=1S/C15H19NO3/c1-2-15(6-3-7-16-15)14(17)11-4-5-12-13(10-11)19-9-8-18-12/h4-5,10,16H,2-3,6-9H2,1H3. The van der Waals surface area contributed by atoms with Gasteiger partial charge < -0.3 is 14.8 Å². The summed E-state index contributed by atoms with van der Waals surface area (Å²) in [5.74, 6) is 1.58. The highest BCUT2D eigenvalue weighted by Gasteiger charge is 2.39. The first-order valence-electron chi connectivity index (χ1n) is 6.95. The predicted octanol–water partition coefficient (Wildman–Crippen LogP) is 2.17. The number of hydrogen-bond donors (Lipinski definition) is 1. The molecule has 0 radical (unpaired) electrons. The van der Waals surface area contributed by atoms with Crippen molar-refractivity contribution in [1.82, 2.24) is 5.32 Å². The third-order valence-electron chi connectivity index (χ3n) is 4.09. The number of carbonyl (C=O) groups is 1. The molecule has 0 saturated carbocycles. The molecule has 1 atom stereocenters. The molecule has 2 aliphatic rings. The van der Waals surface area contributed by atoms with Crippen LogP contribution in [-0.4, -0.2) is 31.1 Å². The van der Waals surface area contributed by atoms with E-state index in [0.29, 0.717) is 24.5 Å². The number of ether oxygens (including phenoxy) is 2. The zero-order valence-electron chi connectivity index (χ0n) is 11.2. The molecule has 1 unspecified atom stereocenters. The molecular formula is C15H19NO3. The van der Waals surface area contributed by atoms with Crippen molar-refractivity contribution in [3.8, 4) is 11.5 Å². The molecule has 102 valence electrons. The molecule has 1 aromatic carbocycles. The molecule has 0 bridgehead atoms. The largest absolute Gasteiger partial charge is 0.486 e. The minimum Gasteiger partial charge on any atom is -0.486 e. The molecule has 2 heterocycles. The summed E-state index contributed by atoms with van der Waals surface area (Å²) in [5, 5.41) is 3.38. The Morgan fingerprint density at radius 3 is 2.79 bits per heavy atom. The van der Waals surface area contributed by atoms with E-state index < -0.39 is 0 Å². The minimum atomic E-state index is -0.385. The second-order valence-corrected chi connectivity index (χ2v) is 5.15. The summed E-state index contributed by atoms with van der Waals surface area (Å²) in [5.41, 5.74) is 0.324. The minimum absolute atomic E-state index is 0.171. The van der Waals surface area contributed by atoms with Crippen molar-refractivity contribution < 1.29 is 14.3 Å². The lowest BCUT2D eigenvalue weighted by atomic mass is 9.85.